The van der Waals surface area contributed by atoms with Crippen LogP contribution >= 0.6 is 7.82 Å². The third-order valence-corrected chi connectivity index (χ3v) is 8.96. The minimum absolute atomic E-state index is 0.162. The van der Waals surface area contributed by atoms with E-state index in [1.54, 1.807) is 0 Å². The fourth-order valence-electron chi connectivity index (χ4n) is 5.00. The average Bonchev–Trinajstić information content (AvgIpc) is 3.05. The summed E-state index contributed by atoms with van der Waals surface area (Å²) in [5, 5.41) is 8.83. The molecule has 0 aliphatic carbocycles. The van der Waals surface area contributed by atoms with Crippen molar-refractivity contribution in [3.63, 3.8) is 0 Å². The summed E-state index contributed by atoms with van der Waals surface area (Å²) in [6, 6.07) is -1.52. The van der Waals surface area contributed by atoms with Crippen LogP contribution in [0.25, 0.3) is 0 Å². The van der Waals surface area contributed by atoms with Gasteiger partial charge in [0.2, 0.25) is 0 Å². The fourth-order valence-corrected chi connectivity index (χ4v) is 5.78. The first-order chi connectivity index (χ1) is 23.1. The zero-order valence-electron chi connectivity index (χ0n) is 30.1. The number of nitrogens with two attached hydrogens (primary N) is 1. The molecule has 11 nitrogen and oxygen atoms in total. The Hall–Kier alpha value is -1.78. The van der Waals surface area contributed by atoms with Crippen LogP contribution in [0.3, 0.4) is 0 Å². The van der Waals surface area contributed by atoms with Crippen molar-refractivity contribution in [3.05, 3.63) is 12.2 Å². The lowest BCUT2D eigenvalue weighted by molar-refractivity contribution is -0.161. The first-order valence-corrected chi connectivity index (χ1v) is 20.2. The highest BCUT2D eigenvalue weighted by atomic mass is 31.2. The van der Waals surface area contributed by atoms with Crippen molar-refractivity contribution in [2.75, 3.05) is 19.8 Å². The van der Waals surface area contributed by atoms with Gasteiger partial charge in [0.15, 0.2) is 6.10 Å². The highest BCUT2D eigenvalue weighted by Crippen LogP contribution is 2.43. The molecule has 0 amide bonds. The molecule has 0 saturated heterocycles. The van der Waals surface area contributed by atoms with E-state index in [9.17, 15) is 23.8 Å². The molecule has 3 atom stereocenters. The molecule has 0 fully saturated rings. The molecule has 0 saturated carbocycles. The fraction of sp³-hybridized carbons (Fsp3) is 0.861. The molecule has 0 aromatic rings. The van der Waals surface area contributed by atoms with E-state index in [0.717, 1.165) is 44.9 Å². The molecule has 48 heavy (non-hydrogen) atoms. The maximum atomic E-state index is 12.4. The lowest BCUT2D eigenvalue weighted by Gasteiger charge is -2.20. The summed E-state index contributed by atoms with van der Waals surface area (Å²) in [5.41, 5.74) is 5.30. The van der Waals surface area contributed by atoms with Gasteiger partial charge in [-0.25, -0.2) is 4.57 Å². The number of unbranched alkanes of at least 4 members (excludes halogenated alkanes) is 19. The van der Waals surface area contributed by atoms with E-state index in [2.05, 4.69) is 30.5 Å². The summed E-state index contributed by atoms with van der Waals surface area (Å²) in [7, 11) is -4.70. The standard InChI is InChI=1S/C36H68NO10P/c1-3-5-7-9-11-12-13-14-15-16-17-18-19-20-22-23-25-27-34(38)44-29-32(30-45-48(42,43)46-31-33(37)36(40)41)47-35(39)28-26-24-21-10-8-6-4-2/h12-13,32-33H,3-11,14-31,37H2,1-2H3,(H,40,41)(H,42,43)/b13-12+/t32-,33+/m0/s1. The monoisotopic (exact) mass is 705 g/mol. The molecular formula is C36H68NO10P. The van der Waals surface area contributed by atoms with Crippen LogP contribution in [-0.2, 0) is 37.5 Å². The molecule has 12 heteroatoms. The van der Waals surface area contributed by atoms with Crippen LogP contribution in [-0.4, -0.2) is 59.9 Å². The Kier molecular flexibility index (Phi) is 31.2. The minimum atomic E-state index is -4.70. The Balaban J connectivity index is 4.30. The van der Waals surface area contributed by atoms with Crippen LogP contribution in [0.2, 0.25) is 0 Å². The van der Waals surface area contributed by atoms with Crippen LogP contribution in [0.15, 0.2) is 12.2 Å². The van der Waals surface area contributed by atoms with Gasteiger partial charge >= 0.3 is 25.7 Å². The maximum absolute atomic E-state index is 12.4. The number of ether oxygens (including phenoxy) is 2. The maximum Gasteiger partial charge on any atom is 0.472 e. The van der Waals surface area contributed by atoms with Gasteiger partial charge < -0.3 is 25.2 Å². The van der Waals surface area contributed by atoms with Crippen molar-refractivity contribution >= 4 is 25.7 Å². The van der Waals surface area contributed by atoms with Crippen molar-refractivity contribution in [1.82, 2.24) is 0 Å². The van der Waals surface area contributed by atoms with Gasteiger partial charge in [0, 0.05) is 12.8 Å². The molecule has 0 radical (unpaired) electrons. The molecule has 0 aromatic heterocycles. The van der Waals surface area contributed by atoms with Crippen LogP contribution in [0, 0.1) is 0 Å². The molecule has 0 heterocycles. The Morgan fingerprint density at radius 1 is 0.625 bits per heavy atom. The van der Waals surface area contributed by atoms with Gasteiger partial charge in [0.05, 0.1) is 13.2 Å². The number of carbonyl (C=O) groups is 3. The summed E-state index contributed by atoms with van der Waals surface area (Å²) < 4.78 is 32.4. The number of esters is 2. The van der Waals surface area contributed by atoms with Crippen LogP contribution in [0.5, 0.6) is 0 Å². The molecule has 0 rings (SSSR count). The molecule has 0 bridgehead atoms. The number of carboxylic acids is 1. The summed E-state index contributed by atoms with van der Waals surface area (Å²) in [4.78, 5) is 45.5. The van der Waals surface area contributed by atoms with Gasteiger partial charge in [-0.1, -0.05) is 129 Å². The number of carboxylic acid groups (broad SMARTS) is 1. The average molecular weight is 706 g/mol. The van der Waals surface area contributed by atoms with E-state index in [0.29, 0.717) is 12.8 Å². The molecule has 4 N–H and O–H groups in total. The van der Waals surface area contributed by atoms with Crippen molar-refractivity contribution < 1.29 is 47.5 Å². The van der Waals surface area contributed by atoms with Gasteiger partial charge in [0.25, 0.3) is 0 Å². The zero-order valence-corrected chi connectivity index (χ0v) is 31.0. The number of hydrogen-bond acceptors (Lipinski definition) is 9. The third kappa shape index (κ3) is 31.5. The largest absolute Gasteiger partial charge is 0.480 e. The number of allylic oxidation sites excluding steroid dienone is 2. The second-order valence-electron chi connectivity index (χ2n) is 12.7. The highest BCUT2D eigenvalue weighted by Gasteiger charge is 2.28. The van der Waals surface area contributed by atoms with E-state index in [4.69, 9.17) is 24.8 Å². The van der Waals surface area contributed by atoms with E-state index in [1.807, 2.05) is 0 Å². The van der Waals surface area contributed by atoms with Gasteiger partial charge in [-0.15, -0.1) is 0 Å². The van der Waals surface area contributed by atoms with Crippen molar-refractivity contribution in [1.29, 1.82) is 0 Å². The van der Waals surface area contributed by atoms with Crippen LogP contribution < -0.4 is 5.73 Å². The normalized spacial score (nSPS) is 14.1. The van der Waals surface area contributed by atoms with Crippen molar-refractivity contribution in [2.45, 2.75) is 180 Å². The van der Waals surface area contributed by atoms with Gasteiger partial charge in [-0.2, -0.15) is 0 Å². The first kappa shape index (κ1) is 46.2. The van der Waals surface area contributed by atoms with Crippen LogP contribution in [0.1, 0.15) is 168 Å². The number of hydrogen-bond donors (Lipinski definition) is 3. The molecular weight excluding hydrogens is 637 g/mol. The number of phosphoric acid groups is 1. The van der Waals surface area contributed by atoms with E-state index < -0.39 is 51.1 Å². The van der Waals surface area contributed by atoms with E-state index in [1.165, 1.54) is 83.5 Å². The number of aliphatic carboxylic acids is 1. The second kappa shape index (κ2) is 32.4. The number of phosphoric ester groups is 1. The summed E-state index contributed by atoms with van der Waals surface area (Å²) in [6.45, 7) is 2.72. The zero-order chi connectivity index (χ0) is 35.7. The molecule has 1 unspecified atom stereocenters. The van der Waals surface area contributed by atoms with Gasteiger partial charge in [-0.05, 0) is 38.5 Å². The Labute approximate surface area is 290 Å². The smallest absolute Gasteiger partial charge is 0.472 e. The molecule has 0 spiro atoms. The Morgan fingerprint density at radius 3 is 1.54 bits per heavy atom. The van der Waals surface area contributed by atoms with Crippen molar-refractivity contribution in [2.24, 2.45) is 5.73 Å². The second-order valence-corrected chi connectivity index (χ2v) is 14.2. The van der Waals surface area contributed by atoms with E-state index >= 15 is 0 Å². The van der Waals surface area contributed by atoms with Gasteiger partial charge in [0.1, 0.15) is 12.6 Å². The predicted octanol–water partition coefficient (Wildman–Crippen LogP) is 8.95. The highest BCUT2D eigenvalue weighted by molar-refractivity contribution is 7.47. The lowest BCUT2D eigenvalue weighted by atomic mass is 10.1. The summed E-state index contributed by atoms with van der Waals surface area (Å²) in [5.74, 6) is -2.38. The Bertz CT molecular complexity index is 885. The molecule has 282 valence electrons. The summed E-state index contributed by atoms with van der Waals surface area (Å²) in [6.07, 6.45) is 28.8. The van der Waals surface area contributed by atoms with E-state index in [-0.39, 0.29) is 19.4 Å². The molecule has 0 aliphatic rings. The topological polar surface area (TPSA) is 172 Å². The minimum Gasteiger partial charge on any atom is -0.480 e. The number of carbonyl (C=O) groups excluding carboxylic acids is 2. The molecule has 0 aliphatic heterocycles. The Morgan fingerprint density at radius 2 is 1.04 bits per heavy atom. The number of rotatable bonds is 35. The predicted molar refractivity (Wildman–Crippen MR) is 189 cm³/mol. The first-order valence-electron chi connectivity index (χ1n) is 18.7. The van der Waals surface area contributed by atoms with Crippen molar-refractivity contribution in [3.8, 4) is 0 Å². The molecule has 0 aromatic carbocycles. The third-order valence-electron chi connectivity index (χ3n) is 8.01. The summed E-state index contributed by atoms with van der Waals surface area (Å²) >= 11 is 0. The van der Waals surface area contributed by atoms with Gasteiger partial charge in [-0.3, -0.25) is 23.4 Å². The lowest BCUT2D eigenvalue weighted by Crippen LogP contribution is -2.34. The quantitative estimate of drug-likeness (QED) is 0.0249. The van der Waals surface area contributed by atoms with Crippen LogP contribution in [0.4, 0.5) is 0 Å². The SMILES string of the molecule is CCCCCC/C=C/CCCCCCCCCCCC(=O)OC[C@@H](COP(=O)(O)OC[C@@H](N)C(=O)O)OC(=O)CCCCCCCCC.